The summed E-state index contributed by atoms with van der Waals surface area (Å²) in [5, 5.41) is 12.3. The molecule has 0 spiro atoms. The predicted octanol–water partition coefficient (Wildman–Crippen LogP) is 3.45. The number of amides is 1. The third-order valence-corrected chi connectivity index (χ3v) is 6.72. The van der Waals surface area contributed by atoms with E-state index in [-0.39, 0.29) is 25.1 Å². The number of hydrogen-bond donors (Lipinski definition) is 1. The number of aliphatic hydroxyl groups excluding tert-OH is 1. The van der Waals surface area contributed by atoms with Gasteiger partial charge in [0, 0.05) is 18.0 Å². The molecule has 1 aliphatic heterocycles. The minimum atomic E-state index is -0.646. The van der Waals surface area contributed by atoms with Gasteiger partial charge >= 0.3 is 0 Å². The van der Waals surface area contributed by atoms with Crippen molar-refractivity contribution in [3.63, 3.8) is 0 Å². The average molecular weight is 459 g/mol. The van der Waals surface area contributed by atoms with Gasteiger partial charge in [0.25, 0.3) is 0 Å². The summed E-state index contributed by atoms with van der Waals surface area (Å²) in [7, 11) is 0. The number of thiophene rings is 1. The normalized spacial score (nSPS) is 16.6. The number of likely N-dealkylation sites (N-methyl/N-ethyl adjacent to an activating group) is 1. The van der Waals surface area contributed by atoms with Crippen LogP contribution >= 0.6 is 11.3 Å². The van der Waals surface area contributed by atoms with E-state index < -0.39 is 6.10 Å². The number of aliphatic hydroxyl groups is 1. The van der Waals surface area contributed by atoms with Crippen LogP contribution < -0.4 is 4.74 Å². The Morgan fingerprint density at radius 2 is 2.22 bits per heavy atom. The monoisotopic (exact) mass is 458 g/mol. The standard InChI is InChI=1S/C25H34N2O4S/c1-4-13-30-17-20(28)15-26(5-2)16-25(29)27-12-10-24-21(11-14-32-24)22(27)18-31-23-9-7-6-8-19(23)3/h4,6-9,11,14,20,22,28H,1,5,10,12-13,15-18H2,2-3H3/t20-,22+/m1/s1. The molecule has 0 bridgehead atoms. The fourth-order valence-corrected chi connectivity index (χ4v) is 4.92. The van der Waals surface area contributed by atoms with E-state index in [0.717, 1.165) is 17.7 Å². The highest BCUT2D eigenvalue weighted by molar-refractivity contribution is 7.10. The Labute approximate surface area is 195 Å². The van der Waals surface area contributed by atoms with E-state index in [1.54, 1.807) is 17.4 Å². The second kappa shape index (κ2) is 12.2. The second-order valence-electron chi connectivity index (χ2n) is 8.04. The summed E-state index contributed by atoms with van der Waals surface area (Å²) in [5.74, 6) is 0.904. The molecular formula is C25H34N2O4S. The Hall–Kier alpha value is -2.19. The SMILES string of the molecule is C=CCOC[C@H](O)CN(CC)CC(=O)N1CCc2sccc2[C@@H]1COc1ccccc1C. The van der Waals surface area contributed by atoms with E-state index in [2.05, 4.69) is 18.0 Å². The molecule has 0 fully saturated rings. The van der Waals surface area contributed by atoms with Gasteiger partial charge in [0.05, 0.1) is 31.9 Å². The van der Waals surface area contributed by atoms with Crippen LogP contribution in [-0.2, 0) is 16.0 Å². The van der Waals surface area contributed by atoms with Gasteiger partial charge in [0.2, 0.25) is 5.91 Å². The first-order chi connectivity index (χ1) is 15.5. The number of nitrogens with zero attached hydrogens (tertiary/aromatic N) is 2. The molecule has 0 radical (unpaired) electrons. The molecule has 2 heterocycles. The highest BCUT2D eigenvalue weighted by Gasteiger charge is 2.33. The molecule has 32 heavy (non-hydrogen) atoms. The third-order valence-electron chi connectivity index (χ3n) is 5.73. The van der Waals surface area contributed by atoms with Gasteiger partial charge in [0.1, 0.15) is 12.4 Å². The smallest absolute Gasteiger partial charge is 0.237 e. The van der Waals surface area contributed by atoms with E-state index >= 15 is 0 Å². The average Bonchev–Trinajstić information content (AvgIpc) is 3.27. The Morgan fingerprint density at radius 3 is 2.97 bits per heavy atom. The van der Waals surface area contributed by atoms with Gasteiger partial charge in [-0.25, -0.2) is 0 Å². The molecule has 0 aliphatic carbocycles. The molecule has 1 N–H and O–H groups in total. The maximum atomic E-state index is 13.3. The fraction of sp³-hybridized carbons (Fsp3) is 0.480. The van der Waals surface area contributed by atoms with Gasteiger partial charge in [-0.1, -0.05) is 31.2 Å². The van der Waals surface area contributed by atoms with Crippen LogP contribution in [0.4, 0.5) is 0 Å². The van der Waals surface area contributed by atoms with Crippen LogP contribution in [0.1, 0.15) is 29.0 Å². The van der Waals surface area contributed by atoms with Gasteiger partial charge in [-0.05, 0) is 48.5 Å². The van der Waals surface area contributed by atoms with E-state index in [0.29, 0.717) is 32.8 Å². The highest BCUT2D eigenvalue weighted by atomic mass is 32.1. The zero-order valence-corrected chi connectivity index (χ0v) is 19.9. The number of benzene rings is 1. The summed E-state index contributed by atoms with van der Waals surface area (Å²) in [4.78, 5) is 18.6. The van der Waals surface area contributed by atoms with Crippen molar-refractivity contribution >= 4 is 17.2 Å². The van der Waals surface area contributed by atoms with Crippen LogP contribution in [0.25, 0.3) is 0 Å². The van der Waals surface area contributed by atoms with Gasteiger partial charge in [0.15, 0.2) is 0 Å². The number of carbonyl (C=O) groups excluding carboxylic acids is 1. The number of hydrogen-bond acceptors (Lipinski definition) is 6. The lowest BCUT2D eigenvalue weighted by atomic mass is 10.0. The lowest BCUT2D eigenvalue weighted by molar-refractivity contribution is -0.136. The van der Waals surface area contributed by atoms with Crippen LogP contribution in [0.5, 0.6) is 5.75 Å². The fourth-order valence-electron chi connectivity index (χ4n) is 3.99. The maximum Gasteiger partial charge on any atom is 0.237 e. The molecule has 6 nitrogen and oxygen atoms in total. The second-order valence-corrected chi connectivity index (χ2v) is 9.04. The van der Waals surface area contributed by atoms with E-state index in [1.165, 1.54) is 10.4 Å². The van der Waals surface area contributed by atoms with Gasteiger partial charge in [-0.2, -0.15) is 0 Å². The van der Waals surface area contributed by atoms with Gasteiger partial charge in [-0.3, -0.25) is 9.69 Å². The van der Waals surface area contributed by atoms with Crippen molar-refractivity contribution in [1.82, 2.24) is 9.80 Å². The zero-order valence-electron chi connectivity index (χ0n) is 19.0. The summed E-state index contributed by atoms with van der Waals surface area (Å²) >= 11 is 1.75. The van der Waals surface area contributed by atoms with Crippen LogP contribution in [0, 0.1) is 6.92 Å². The Balaban J connectivity index is 1.66. The first-order valence-corrected chi connectivity index (χ1v) is 12.0. The topological polar surface area (TPSA) is 62.2 Å². The van der Waals surface area contributed by atoms with Crippen LogP contribution in [0.2, 0.25) is 0 Å². The Kier molecular flexibility index (Phi) is 9.29. The molecule has 3 rings (SSSR count). The zero-order chi connectivity index (χ0) is 22.9. The van der Waals surface area contributed by atoms with Crippen molar-refractivity contribution in [3.05, 3.63) is 64.4 Å². The van der Waals surface area contributed by atoms with Crippen molar-refractivity contribution < 1.29 is 19.4 Å². The largest absolute Gasteiger partial charge is 0.491 e. The molecule has 1 aromatic carbocycles. The van der Waals surface area contributed by atoms with E-state index in [9.17, 15) is 9.90 Å². The molecule has 1 aliphatic rings. The number of ether oxygens (including phenoxy) is 2. The van der Waals surface area contributed by atoms with Gasteiger partial charge in [-0.15, -0.1) is 17.9 Å². The van der Waals surface area contributed by atoms with E-state index in [1.807, 2.05) is 47.9 Å². The third kappa shape index (κ3) is 6.42. The van der Waals surface area contributed by atoms with Crippen LogP contribution in [0.3, 0.4) is 0 Å². The van der Waals surface area contributed by atoms with Crippen molar-refractivity contribution in [2.24, 2.45) is 0 Å². The van der Waals surface area contributed by atoms with Crippen molar-refractivity contribution in [2.45, 2.75) is 32.4 Å². The first kappa shape index (κ1) is 24.5. The highest BCUT2D eigenvalue weighted by Crippen LogP contribution is 2.34. The summed E-state index contributed by atoms with van der Waals surface area (Å²) in [6, 6.07) is 9.95. The van der Waals surface area contributed by atoms with Crippen molar-refractivity contribution in [2.75, 3.05) is 46.0 Å². The molecule has 174 valence electrons. The Morgan fingerprint density at radius 1 is 1.41 bits per heavy atom. The summed E-state index contributed by atoms with van der Waals surface area (Å²) in [5.41, 5.74) is 2.26. The van der Waals surface area contributed by atoms with Crippen molar-refractivity contribution in [3.8, 4) is 5.75 Å². The number of carbonyl (C=O) groups is 1. The minimum Gasteiger partial charge on any atom is -0.491 e. The summed E-state index contributed by atoms with van der Waals surface area (Å²) in [6.45, 7) is 10.7. The molecule has 2 atom stereocenters. The number of para-hydroxylation sites is 1. The molecule has 1 aromatic heterocycles. The molecule has 2 aromatic rings. The maximum absolute atomic E-state index is 13.3. The van der Waals surface area contributed by atoms with Gasteiger partial charge < -0.3 is 19.5 Å². The van der Waals surface area contributed by atoms with Crippen molar-refractivity contribution in [1.29, 1.82) is 0 Å². The Bertz CT molecular complexity index is 884. The lowest BCUT2D eigenvalue weighted by Crippen LogP contribution is -2.48. The summed E-state index contributed by atoms with van der Waals surface area (Å²) in [6.07, 6.45) is 1.87. The molecule has 7 heteroatoms. The minimum absolute atomic E-state index is 0.0568. The van der Waals surface area contributed by atoms with Crippen LogP contribution in [0.15, 0.2) is 48.4 Å². The molecule has 1 amide bonds. The van der Waals surface area contributed by atoms with E-state index in [4.69, 9.17) is 9.47 Å². The molecule has 0 saturated carbocycles. The lowest BCUT2D eigenvalue weighted by Gasteiger charge is -2.37. The number of aryl methyl sites for hydroxylation is 1. The molecule has 0 unspecified atom stereocenters. The number of fused-ring (bicyclic) bond motifs is 1. The predicted molar refractivity (Wildman–Crippen MR) is 128 cm³/mol. The quantitative estimate of drug-likeness (QED) is 0.390. The van der Waals surface area contributed by atoms with Crippen LogP contribution in [-0.4, -0.2) is 72.9 Å². The molecular weight excluding hydrogens is 424 g/mol. The molecule has 0 saturated heterocycles. The number of rotatable bonds is 12. The first-order valence-electron chi connectivity index (χ1n) is 11.2. The summed E-state index contributed by atoms with van der Waals surface area (Å²) < 4.78 is 11.5.